The third kappa shape index (κ3) is 4.94. The second kappa shape index (κ2) is 8.49. The smallest absolute Gasteiger partial charge is 0.243 e. The average Bonchev–Trinajstić information content (AvgIpc) is 3.17. The molecule has 1 aliphatic rings. The topological polar surface area (TPSA) is 82.0 Å². The Kier molecular flexibility index (Phi) is 5.86. The van der Waals surface area contributed by atoms with E-state index in [2.05, 4.69) is 10.4 Å². The normalized spacial score (nSPS) is 14.6. The first-order valence-electron chi connectivity index (χ1n) is 9.04. The van der Waals surface area contributed by atoms with Gasteiger partial charge in [0.2, 0.25) is 11.8 Å². The minimum absolute atomic E-state index is 0.106. The predicted molar refractivity (Wildman–Crippen MR) is 103 cm³/mol. The molecule has 2 N–H and O–H groups in total. The van der Waals surface area contributed by atoms with Crippen molar-refractivity contribution in [3.63, 3.8) is 0 Å². The van der Waals surface area contributed by atoms with Gasteiger partial charge in [-0.25, -0.2) is 5.01 Å². The molecule has 0 saturated heterocycles. The number of hydrazone groups is 1. The van der Waals surface area contributed by atoms with Crippen LogP contribution in [0.3, 0.4) is 0 Å². The minimum atomic E-state index is -0.241. The van der Waals surface area contributed by atoms with Crippen molar-refractivity contribution in [3.8, 4) is 5.75 Å². The summed E-state index contributed by atoms with van der Waals surface area (Å²) in [6.07, 6.45) is 0.940. The molecular formula is C21H23N3O3. The van der Waals surface area contributed by atoms with Gasteiger partial charge in [-0.05, 0) is 30.2 Å². The maximum absolute atomic E-state index is 12.3. The van der Waals surface area contributed by atoms with E-state index in [0.29, 0.717) is 6.54 Å². The second-order valence-electron chi connectivity index (χ2n) is 6.56. The maximum atomic E-state index is 12.3. The number of phenolic OH excluding ortho intramolecular Hbond substituents is 1. The van der Waals surface area contributed by atoms with Gasteiger partial charge < -0.3 is 10.4 Å². The Morgan fingerprint density at radius 1 is 1.15 bits per heavy atom. The summed E-state index contributed by atoms with van der Waals surface area (Å²) in [6, 6.07) is 16.3. The molecule has 6 nitrogen and oxygen atoms in total. The van der Waals surface area contributed by atoms with E-state index < -0.39 is 0 Å². The van der Waals surface area contributed by atoms with Crippen LogP contribution in [0.2, 0.25) is 0 Å². The number of hydrogen-bond acceptors (Lipinski definition) is 4. The number of rotatable bonds is 6. The van der Waals surface area contributed by atoms with Gasteiger partial charge in [0.05, 0.1) is 18.3 Å². The molecule has 0 fully saturated rings. The van der Waals surface area contributed by atoms with E-state index in [9.17, 15) is 14.7 Å². The van der Waals surface area contributed by atoms with E-state index in [0.717, 1.165) is 23.3 Å². The van der Waals surface area contributed by atoms with E-state index >= 15 is 0 Å². The number of nitrogens with zero attached hydrogens (tertiary/aromatic N) is 2. The fraction of sp³-hybridized carbons (Fsp3) is 0.286. The number of carbonyl (C=O) groups excluding carboxylic acids is 2. The van der Waals surface area contributed by atoms with Crippen molar-refractivity contribution < 1.29 is 14.7 Å². The average molecular weight is 365 g/mol. The summed E-state index contributed by atoms with van der Waals surface area (Å²) in [4.78, 5) is 24.5. The minimum Gasteiger partial charge on any atom is -0.508 e. The van der Waals surface area contributed by atoms with Crippen molar-refractivity contribution in [2.75, 3.05) is 6.54 Å². The van der Waals surface area contributed by atoms with Gasteiger partial charge in [-0.15, -0.1) is 0 Å². The highest BCUT2D eigenvalue weighted by Crippen LogP contribution is 2.18. The first-order chi connectivity index (χ1) is 13.0. The zero-order valence-electron chi connectivity index (χ0n) is 15.3. The molecule has 140 valence electrons. The molecular weight excluding hydrogens is 342 g/mol. The molecule has 1 unspecified atom stereocenters. The molecule has 0 radical (unpaired) electrons. The molecule has 3 rings (SSSR count). The van der Waals surface area contributed by atoms with Gasteiger partial charge >= 0.3 is 0 Å². The largest absolute Gasteiger partial charge is 0.508 e. The van der Waals surface area contributed by atoms with Crippen molar-refractivity contribution in [1.82, 2.24) is 10.3 Å². The van der Waals surface area contributed by atoms with E-state index in [1.165, 1.54) is 5.01 Å². The number of carbonyl (C=O) groups is 2. The van der Waals surface area contributed by atoms with Crippen LogP contribution in [0, 0.1) is 0 Å². The monoisotopic (exact) mass is 365 g/mol. The lowest BCUT2D eigenvalue weighted by Gasteiger charge is -2.15. The van der Waals surface area contributed by atoms with Gasteiger partial charge in [0.1, 0.15) is 5.75 Å². The highest BCUT2D eigenvalue weighted by atomic mass is 16.3. The Bertz CT molecular complexity index is 849. The lowest BCUT2D eigenvalue weighted by atomic mass is 10.1. The van der Waals surface area contributed by atoms with Gasteiger partial charge in [-0.2, -0.15) is 5.10 Å². The molecule has 2 aromatic carbocycles. The summed E-state index contributed by atoms with van der Waals surface area (Å²) < 4.78 is 0. The zero-order chi connectivity index (χ0) is 19.2. The summed E-state index contributed by atoms with van der Waals surface area (Å²) in [5.41, 5.74) is 2.72. The first kappa shape index (κ1) is 18.6. The summed E-state index contributed by atoms with van der Waals surface area (Å²) in [7, 11) is 0. The van der Waals surface area contributed by atoms with E-state index in [1.807, 2.05) is 43.3 Å². The molecule has 2 aromatic rings. The molecule has 0 saturated carbocycles. The molecule has 0 aromatic heterocycles. The van der Waals surface area contributed by atoms with E-state index in [4.69, 9.17) is 0 Å². The van der Waals surface area contributed by atoms with Gasteiger partial charge in [0, 0.05) is 19.3 Å². The Balaban J connectivity index is 1.49. The van der Waals surface area contributed by atoms with Crippen molar-refractivity contribution in [3.05, 3.63) is 65.7 Å². The maximum Gasteiger partial charge on any atom is 0.243 e. The lowest BCUT2D eigenvalue weighted by molar-refractivity contribution is -0.133. The van der Waals surface area contributed by atoms with Crippen LogP contribution in [0.5, 0.6) is 5.75 Å². The van der Waals surface area contributed by atoms with Crippen LogP contribution in [0.1, 0.15) is 43.4 Å². The molecule has 0 spiro atoms. The van der Waals surface area contributed by atoms with Crippen LogP contribution in [0.15, 0.2) is 59.7 Å². The predicted octanol–water partition coefficient (Wildman–Crippen LogP) is 2.99. The fourth-order valence-electron chi connectivity index (χ4n) is 3.01. The second-order valence-corrected chi connectivity index (χ2v) is 6.56. The van der Waals surface area contributed by atoms with Gasteiger partial charge in [0.15, 0.2) is 0 Å². The van der Waals surface area contributed by atoms with Crippen molar-refractivity contribution in [1.29, 1.82) is 0 Å². The van der Waals surface area contributed by atoms with E-state index in [1.54, 1.807) is 18.2 Å². The summed E-state index contributed by atoms with van der Waals surface area (Å²) in [6.45, 7) is 2.38. The molecule has 1 aliphatic heterocycles. The Morgan fingerprint density at radius 3 is 2.67 bits per heavy atom. The van der Waals surface area contributed by atoms with Gasteiger partial charge in [0.25, 0.3) is 0 Å². The SMILES string of the molecule is CC(NC(=O)CCC(=O)N1CCC(c2ccccc2)=N1)c1cccc(O)c1. The Labute approximate surface area is 158 Å². The van der Waals surface area contributed by atoms with Crippen LogP contribution in [0.4, 0.5) is 0 Å². The van der Waals surface area contributed by atoms with Crippen molar-refractivity contribution in [2.45, 2.75) is 32.2 Å². The number of benzene rings is 2. The molecule has 6 heteroatoms. The van der Waals surface area contributed by atoms with Gasteiger partial charge in [-0.1, -0.05) is 42.5 Å². The van der Waals surface area contributed by atoms with Crippen molar-refractivity contribution in [2.24, 2.45) is 5.10 Å². The number of hydrogen-bond donors (Lipinski definition) is 2. The molecule has 0 bridgehead atoms. The Morgan fingerprint density at radius 2 is 1.93 bits per heavy atom. The number of amides is 2. The fourth-order valence-corrected chi connectivity index (χ4v) is 3.01. The third-order valence-electron chi connectivity index (χ3n) is 4.51. The van der Waals surface area contributed by atoms with Gasteiger partial charge in [-0.3, -0.25) is 9.59 Å². The van der Waals surface area contributed by atoms with Crippen molar-refractivity contribution >= 4 is 17.5 Å². The molecule has 27 heavy (non-hydrogen) atoms. The van der Waals surface area contributed by atoms with Crippen LogP contribution in [-0.2, 0) is 9.59 Å². The van der Waals surface area contributed by atoms with Crippen LogP contribution >= 0.6 is 0 Å². The zero-order valence-corrected chi connectivity index (χ0v) is 15.3. The summed E-state index contributed by atoms with van der Waals surface area (Å²) in [5.74, 6) is -0.198. The summed E-state index contributed by atoms with van der Waals surface area (Å²) in [5, 5.41) is 18.2. The number of nitrogens with one attached hydrogen (secondary N) is 1. The molecule has 1 heterocycles. The highest BCUT2D eigenvalue weighted by Gasteiger charge is 2.22. The summed E-state index contributed by atoms with van der Waals surface area (Å²) >= 11 is 0. The number of aromatic hydroxyl groups is 1. The molecule has 0 aliphatic carbocycles. The van der Waals surface area contributed by atoms with Crippen LogP contribution in [-0.4, -0.2) is 34.2 Å². The Hall–Kier alpha value is -3.15. The molecule has 2 amide bonds. The molecule has 1 atom stereocenters. The lowest BCUT2D eigenvalue weighted by Crippen LogP contribution is -2.29. The van der Waals surface area contributed by atoms with E-state index in [-0.39, 0.29) is 36.4 Å². The van der Waals surface area contributed by atoms with Crippen LogP contribution in [0.25, 0.3) is 0 Å². The standard InChI is InChI=1S/C21H23N3O3/c1-15(17-8-5-9-18(25)14-17)22-20(26)10-11-21(27)24-13-12-19(23-24)16-6-3-2-4-7-16/h2-9,14-15,25H,10-13H2,1H3,(H,22,26). The first-order valence-corrected chi connectivity index (χ1v) is 9.04. The quantitative estimate of drug-likeness (QED) is 0.826. The highest BCUT2D eigenvalue weighted by molar-refractivity contribution is 6.02. The number of phenols is 1. The third-order valence-corrected chi connectivity index (χ3v) is 4.51. The van der Waals surface area contributed by atoms with Crippen LogP contribution < -0.4 is 5.32 Å².